The van der Waals surface area contributed by atoms with E-state index in [1.807, 2.05) is 30.8 Å². The fourth-order valence-electron chi connectivity index (χ4n) is 3.76. The normalized spacial score (nSPS) is 18.0. The third-order valence-electron chi connectivity index (χ3n) is 5.91. The summed E-state index contributed by atoms with van der Waals surface area (Å²) >= 11 is 0. The monoisotopic (exact) mass is 490 g/mol. The number of methoxy groups -OCH3 is 1. The van der Waals surface area contributed by atoms with Gasteiger partial charge in [-0.2, -0.15) is 0 Å². The molecule has 1 heterocycles. The van der Waals surface area contributed by atoms with Crippen LogP contribution in [0.15, 0.2) is 48.5 Å². The Morgan fingerprint density at radius 1 is 0.848 bits per heavy atom. The van der Waals surface area contributed by atoms with Gasteiger partial charge < -0.3 is 27.5 Å². The first-order valence-electron chi connectivity index (χ1n) is 11.4. The Kier molecular flexibility index (Phi) is 8.42. The highest BCUT2D eigenvalue weighted by atomic mass is 28.4. The van der Waals surface area contributed by atoms with Crippen molar-refractivity contribution in [1.82, 2.24) is 0 Å². The summed E-state index contributed by atoms with van der Waals surface area (Å²) in [6.07, 6.45) is 1.32. The highest BCUT2D eigenvalue weighted by molar-refractivity contribution is 6.82. The molecule has 0 radical (unpaired) electrons. The molecule has 1 aliphatic heterocycles. The van der Waals surface area contributed by atoms with E-state index in [-0.39, 0.29) is 11.5 Å². The third kappa shape index (κ3) is 7.40. The second-order valence-electron chi connectivity index (χ2n) is 9.86. The van der Waals surface area contributed by atoms with Gasteiger partial charge in [-0.3, -0.25) is 0 Å². The van der Waals surface area contributed by atoms with Gasteiger partial charge in [0.1, 0.15) is 30.4 Å². The molecule has 0 spiro atoms. The highest BCUT2D eigenvalue weighted by Gasteiger charge is 2.39. The molecular weight excluding hydrogens is 452 g/mol. The number of hydrogen-bond acceptors (Lipinski definition) is 6. The zero-order valence-corrected chi connectivity index (χ0v) is 23.0. The summed E-state index contributed by atoms with van der Waals surface area (Å²) in [4.78, 5) is 0. The van der Waals surface area contributed by atoms with E-state index in [9.17, 15) is 0 Å². The summed E-state index contributed by atoms with van der Waals surface area (Å²) in [7, 11) is -1.01. The highest BCUT2D eigenvalue weighted by Crippen LogP contribution is 2.33. The van der Waals surface area contributed by atoms with E-state index in [1.165, 1.54) is 11.1 Å². The maximum absolute atomic E-state index is 6.40. The quantitative estimate of drug-likeness (QED) is 0.296. The molecule has 0 aliphatic carbocycles. The van der Waals surface area contributed by atoms with Crippen LogP contribution in [0.2, 0.25) is 19.6 Å². The molecule has 182 valence electrons. The lowest BCUT2D eigenvalue weighted by atomic mass is 9.78. The standard InChI is InChI=1S/C25H38O6Si2/c1-25(2,20-8-12-22(13-9-20)28-16-24-17-29-24)21-10-14-23(15-11-21)30-19-33(7,27-4)31-32(5,6)18-26-3/h8-15,24H,16-19H2,1-7H3. The molecule has 3 rings (SSSR count). The minimum atomic E-state index is -2.46. The molecule has 2 aromatic carbocycles. The Balaban J connectivity index is 1.61. The van der Waals surface area contributed by atoms with Crippen LogP contribution in [0.1, 0.15) is 25.0 Å². The maximum Gasteiger partial charge on any atom is 0.363 e. The first-order chi connectivity index (χ1) is 15.6. The van der Waals surface area contributed by atoms with Gasteiger partial charge in [0.05, 0.1) is 12.8 Å². The summed E-state index contributed by atoms with van der Waals surface area (Å²) in [5.41, 5.74) is 2.29. The Morgan fingerprint density at radius 2 is 1.36 bits per heavy atom. The molecule has 0 N–H and O–H groups in total. The predicted octanol–water partition coefficient (Wildman–Crippen LogP) is 4.83. The molecule has 0 aromatic heterocycles. The van der Waals surface area contributed by atoms with Crippen LogP contribution in [0.5, 0.6) is 11.5 Å². The average Bonchev–Trinajstić information content (AvgIpc) is 3.61. The van der Waals surface area contributed by atoms with Crippen molar-refractivity contribution >= 4 is 16.9 Å². The Hall–Kier alpha value is -1.69. The summed E-state index contributed by atoms with van der Waals surface area (Å²) < 4.78 is 34.6. The zero-order chi connectivity index (χ0) is 24.1. The number of hydrogen-bond donors (Lipinski definition) is 0. The van der Waals surface area contributed by atoms with E-state index < -0.39 is 16.9 Å². The van der Waals surface area contributed by atoms with Crippen molar-refractivity contribution in [2.75, 3.05) is 39.9 Å². The maximum atomic E-state index is 6.40. The van der Waals surface area contributed by atoms with E-state index in [4.69, 9.17) is 27.5 Å². The van der Waals surface area contributed by atoms with Crippen molar-refractivity contribution in [2.24, 2.45) is 0 Å². The van der Waals surface area contributed by atoms with Crippen molar-refractivity contribution in [3.05, 3.63) is 59.7 Å². The number of epoxide rings is 1. The van der Waals surface area contributed by atoms with Crippen LogP contribution in [0, 0.1) is 0 Å². The topological polar surface area (TPSA) is 58.7 Å². The van der Waals surface area contributed by atoms with Gasteiger partial charge in [0, 0.05) is 19.6 Å². The second-order valence-corrected chi connectivity index (χ2v) is 17.5. The Labute approximate surface area is 200 Å². The molecule has 0 saturated carbocycles. The molecule has 2 aromatic rings. The van der Waals surface area contributed by atoms with Crippen molar-refractivity contribution in [3.8, 4) is 11.5 Å². The minimum Gasteiger partial charge on any atom is -0.492 e. The van der Waals surface area contributed by atoms with Crippen LogP contribution in [0.4, 0.5) is 0 Å². The number of ether oxygens (including phenoxy) is 4. The Bertz CT molecular complexity index is 881. The van der Waals surface area contributed by atoms with E-state index in [0.29, 0.717) is 19.1 Å². The van der Waals surface area contributed by atoms with Crippen LogP contribution < -0.4 is 9.47 Å². The Morgan fingerprint density at radius 3 is 1.82 bits per heavy atom. The lowest BCUT2D eigenvalue weighted by Gasteiger charge is -2.34. The van der Waals surface area contributed by atoms with E-state index in [1.54, 1.807) is 14.2 Å². The first kappa shape index (κ1) is 25.9. The first-order valence-corrected chi connectivity index (χ1v) is 17.0. The number of benzene rings is 2. The molecule has 0 amide bonds. The molecule has 2 atom stereocenters. The molecule has 0 bridgehead atoms. The minimum absolute atomic E-state index is 0.147. The van der Waals surface area contributed by atoms with Gasteiger partial charge in [-0.1, -0.05) is 38.1 Å². The fraction of sp³-hybridized carbons (Fsp3) is 0.520. The molecule has 1 saturated heterocycles. The second kappa shape index (κ2) is 10.7. The van der Waals surface area contributed by atoms with Gasteiger partial charge in [0.2, 0.25) is 8.32 Å². The van der Waals surface area contributed by atoms with Gasteiger partial charge in [-0.15, -0.1) is 0 Å². The van der Waals surface area contributed by atoms with Gasteiger partial charge in [0.25, 0.3) is 0 Å². The molecule has 8 heteroatoms. The molecule has 6 nitrogen and oxygen atoms in total. The SMILES string of the molecule is COC[Si](C)(C)O[Si](C)(COc1ccc(C(C)(C)c2ccc(OCC3CO3)cc2)cc1)OC. The van der Waals surface area contributed by atoms with Crippen LogP contribution in [-0.2, 0) is 23.4 Å². The molecule has 1 fully saturated rings. The molecule has 2 unspecified atom stereocenters. The zero-order valence-electron chi connectivity index (χ0n) is 21.0. The van der Waals surface area contributed by atoms with Crippen LogP contribution >= 0.6 is 0 Å². The van der Waals surface area contributed by atoms with Crippen LogP contribution in [-0.4, -0.2) is 62.9 Å². The largest absolute Gasteiger partial charge is 0.492 e. The summed E-state index contributed by atoms with van der Waals surface area (Å²) in [5, 5.41) is 0. The van der Waals surface area contributed by atoms with Crippen molar-refractivity contribution in [2.45, 2.75) is 45.0 Å². The average molecular weight is 491 g/mol. The van der Waals surface area contributed by atoms with Gasteiger partial charge in [0.15, 0.2) is 0 Å². The van der Waals surface area contributed by atoms with Crippen molar-refractivity contribution in [1.29, 1.82) is 0 Å². The van der Waals surface area contributed by atoms with Gasteiger partial charge >= 0.3 is 8.56 Å². The lowest BCUT2D eigenvalue weighted by Crippen LogP contribution is -2.54. The molecule has 1 aliphatic rings. The summed E-state index contributed by atoms with van der Waals surface area (Å²) in [6, 6.07) is 16.6. The number of rotatable bonds is 13. The smallest absolute Gasteiger partial charge is 0.363 e. The fourth-order valence-corrected chi connectivity index (χ4v) is 10.5. The lowest BCUT2D eigenvalue weighted by molar-refractivity contribution is 0.212. The van der Waals surface area contributed by atoms with Crippen molar-refractivity contribution in [3.63, 3.8) is 0 Å². The van der Waals surface area contributed by atoms with E-state index in [0.717, 1.165) is 18.1 Å². The third-order valence-corrected chi connectivity index (χ3v) is 12.4. The summed E-state index contributed by atoms with van der Waals surface area (Å²) in [6.45, 7) is 12.2. The summed E-state index contributed by atoms with van der Waals surface area (Å²) in [5.74, 6) is 1.68. The van der Waals surface area contributed by atoms with E-state index in [2.05, 4.69) is 51.2 Å². The molecule has 33 heavy (non-hydrogen) atoms. The van der Waals surface area contributed by atoms with Gasteiger partial charge in [-0.05, 0) is 55.0 Å². The molecular formula is C25H38O6Si2. The van der Waals surface area contributed by atoms with Crippen molar-refractivity contribution < 1.29 is 27.5 Å². The van der Waals surface area contributed by atoms with E-state index >= 15 is 0 Å². The van der Waals surface area contributed by atoms with Crippen LogP contribution in [0.3, 0.4) is 0 Å². The predicted molar refractivity (Wildman–Crippen MR) is 135 cm³/mol. The van der Waals surface area contributed by atoms with Gasteiger partial charge in [-0.25, -0.2) is 0 Å². The van der Waals surface area contributed by atoms with Crippen LogP contribution in [0.25, 0.3) is 0 Å².